The molecular formula is C16H21NO2. The topological polar surface area (TPSA) is 34.4 Å². The second-order valence-corrected chi connectivity index (χ2v) is 5.45. The fourth-order valence-electron chi connectivity index (χ4n) is 2.79. The molecule has 2 atom stereocenters. The number of para-hydroxylation sites is 1. The number of benzene rings is 1. The van der Waals surface area contributed by atoms with Crippen molar-refractivity contribution in [2.45, 2.75) is 26.3 Å². The van der Waals surface area contributed by atoms with Crippen LogP contribution in [0.15, 0.2) is 28.7 Å². The lowest BCUT2D eigenvalue weighted by molar-refractivity contribution is 0.184. The number of nitrogens with one attached hydrogen (secondary N) is 1. The van der Waals surface area contributed by atoms with Crippen molar-refractivity contribution in [3.8, 4) is 0 Å². The Hall–Kier alpha value is -1.32. The van der Waals surface area contributed by atoms with E-state index >= 15 is 0 Å². The van der Waals surface area contributed by atoms with Crippen molar-refractivity contribution in [2.24, 2.45) is 5.92 Å². The summed E-state index contributed by atoms with van der Waals surface area (Å²) in [6.07, 6.45) is 1.17. The third kappa shape index (κ3) is 2.53. The van der Waals surface area contributed by atoms with Gasteiger partial charge in [-0.05, 0) is 37.8 Å². The van der Waals surface area contributed by atoms with Crippen LogP contribution in [0.2, 0.25) is 0 Å². The minimum Gasteiger partial charge on any atom is -0.459 e. The number of rotatable bonds is 4. The molecule has 0 aliphatic carbocycles. The third-order valence-corrected chi connectivity index (χ3v) is 4.01. The summed E-state index contributed by atoms with van der Waals surface area (Å²) in [6, 6.07) is 8.47. The van der Waals surface area contributed by atoms with Crippen molar-refractivity contribution in [1.82, 2.24) is 5.32 Å². The van der Waals surface area contributed by atoms with Crippen LogP contribution in [0.1, 0.15) is 30.7 Å². The lowest BCUT2D eigenvalue weighted by atomic mass is 10.1. The van der Waals surface area contributed by atoms with E-state index in [-0.39, 0.29) is 6.04 Å². The molecule has 1 aliphatic rings. The normalized spacial score (nSPS) is 21.1. The van der Waals surface area contributed by atoms with Gasteiger partial charge in [-0.1, -0.05) is 18.2 Å². The fraction of sp³-hybridized carbons (Fsp3) is 0.500. The molecule has 0 saturated carbocycles. The molecule has 1 fully saturated rings. The molecule has 0 amide bonds. The predicted molar refractivity (Wildman–Crippen MR) is 76.3 cm³/mol. The number of hydrogen-bond donors (Lipinski definition) is 1. The smallest absolute Gasteiger partial charge is 0.134 e. The molecule has 1 saturated heterocycles. The van der Waals surface area contributed by atoms with Crippen molar-refractivity contribution < 1.29 is 9.15 Å². The minimum absolute atomic E-state index is 0.244. The molecule has 2 aromatic rings. The number of aryl methyl sites for hydroxylation is 1. The van der Waals surface area contributed by atoms with Crippen molar-refractivity contribution in [3.05, 3.63) is 35.6 Å². The van der Waals surface area contributed by atoms with E-state index in [2.05, 4.69) is 31.3 Å². The van der Waals surface area contributed by atoms with Gasteiger partial charge in [0.15, 0.2) is 0 Å². The van der Waals surface area contributed by atoms with Crippen LogP contribution in [-0.2, 0) is 4.74 Å². The highest BCUT2D eigenvalue weighted by molar-refractivity contribution is 5.82. The van der Waals surface area contributed by atoms with Gasteiger partial charge in [0.25, 0.3) is 0 Å². The van der Waals surface area contributed by atoms with Gasteiger partial charge in [-0.15, -0.1) is 0 Å². The Labute approximate surface area is 113 Å². The Kier molecular flexibility index (Phi) is 3.58. The summed E-state index contributed by atoms with van der Waals surface area (Å²) in [5, 5.41) is 4.79. The van der Waals surface area contributed by atoms with E-state index < -0.39 is 0 Å². The van der Waals surface area contributed by atoms with Crippen LogP contribution in [0.25, 0.3) is 11.0 Å². The van der Waals surface area contributed by atoms with Gasteiger partial charge in [0.1, 0.15) is 11.3 Å². The molecule has 0 spiro atoms. The van der Waals surface area contributed by atoms with Gasteiger partial charge in [-0.2, -0.15) is 0 Å². The Morgan fingerprint density at radius 1 is 1.37 bits per heavy atom. The van der Waals surface area contributed by atoms with Gasteiger partial charge >= 0.3 is 0 Å². The Morgan fingerprint density at radius 2 is 2.21 bits per heavy atom. The maximum Gasteiger partial charge on any atom is 0.134 e. The van der Waals surface area contributed by atoms with Gasteiger partial charge < -0.3 is 14.5 Å². The van der Waals surface area contributed by atoms with Gasteiger partial charge in [-0.3, -0.25) is 0 Å². The minimum atomic E-state index is 0.244. The van der Waals surface area contributed by atoms with Crippen LogP contribution in [0.3, 0.4) is 0 Å². The Morgan fingerprint density at radius 3 is 2.95 bits per heavy atom. The second-order valence-electron chi connectivity index (χ2n) is 5.45. The predicted octanol–water partition coefficient (Wildman–Crippen LogP) is 3.43. The van der Waals surface area contributed by atoms with Crippen molar-refractivity contribution in [3.63, 3.8) is 0 Å². The lowest BCUT2D eigenvalue weighted by Crippen LogP contribution is -2.26. The summed E-state index contributed by atoms with van der Waals surface area (Å²) in [5.41, 5.74) is 2.23. The first kappa shape index (κ1) is 12.7. The molecule has 3 nitrogen and oxygen atoms in total. The number of ether oxygens (including phenoxy) is 1. The Balaban J connectivity index is 1.73. The molecule has 1 aromatic carbocycles. The first-order valence-electron chi connectivity index (χ1n) is 7.05. The van der Waals surface area contributed by atoms with Crippen LogP contribution >= 0.6 is 0 Å². The molecule has 0 radical (unpaired) electrons. The van der Waals surface area contributed by atoms with E-state index in [9.17, 15) is 0 Å². The van der Waals surface area contributed by atoms with Crippen molar-refractivity contribution >= 4 is 11.0 Å². The van der Waals surface area contributed by atoms with E-state index in [4.69, 9.17) is 9.15 Å². The molecule has 3 heteroatoms. The molecular weight excluding hydrogens is 238 g/mol. The average molecular weight is 259 g/mol. The largest absolute Gasteiger partial charge is 0.459 e. The van der Waals surface area contributed by atoms with Crippen LogP contribution in [-0.4, -0.2) is 19.8 Å². The monoisotopic (exact) mass is 259 g/mol. The highest BCUT2D eigenvalue weighted by Gasteiger charge is 2.19. The molecule has 1 N–H and O–H groups in total. The zero-order chi connectivity index (χ0) is 13.2. The van der Waals surface area contributed by atoms with E-state index in [0.717, 1.165) is 31.1 Å². The quantitative estimate of drug-likeness (QED) is 0.913. The average Bonchev–Trinajstić information content (AvgIpc) is 3.05. The Bertz CT molecular complexity index is 555. The van der Waals surface area contributed by atoms with Crippen LogP contribution < -0.4 is 5.32 Å². The SMILES string of the molecule is Cc1c(C(C)NCC2CCOC2)oc2ccccc12. The number of hydrogen-bond acceptors (Lipinski definition) is 3. The number of furan rings is 1. The molecule has 19 heavy (non-hydrogen) atoms. The lowest BCUT2D eigenvalue weighted by Gasteiger charge is -2.15. The summed E-state index contributed by atoms with van der Waals surface area (Å²) >= 11 is 0. The molecule has 1 aromatic heterocycles. The highest BCUT2D eigenvalue weighted by atomic mass is 16.5. The summed E-state index contributed by atoms with van der Waals surface area (Å²) in [7, 11) is 0. The van der Waals surface area contributed by atoms with Gasteiger partial charge in [0.05, 0.1) is 12.6 Å². The van der Waals surface area contributed by atoms with E-state index in [1.807, 2.05) is 12.1 Å². The van der Waals surface area contributed by atoms with Crippen molar-refractivity contribution in [2.75, 3.05) is 19.8 Å². The molecule has 2 unspecified atom stereocenters. The summed E-state index contributed by atoms with van der Waals surface area (Å²) in [5.74, 6) is 1.70. The van der Waals surface area contributed by atoms with E-state index in [1.54, 1.807) is 0 Å². The third-order valence-electron chi connectivity index (χ3n) is 4.01. The standard InChI is InChI=1S/C16H21NO2/c1-11-14-5-3-4-6-15(14)19-16(11)12(2)17-9-13-7-8-18-10-13/h3-6,12-13,17H,7-10H2,1-2H3. The first-order valence-corrected chi connectivity index (χ1v) is 7.05. The van der Waals surface area contributed by atoms with E-state index in [1.165, 1.54) is 17.4 Å². The fourth-order valence-corrected chi connectivity index (χ4v) is 2.79. The highest BCUT2D eigenvalue weighted by Crippen LogP contribution is 2.29. The van der Waals surface area contributed by atoms with Gasteiger partial charge in [0.2, 0.25) is 0 Å². The molecule has 0 bridgehead atoms. The molecule has 2 heterocycles. The molecule has 1 aliphatic heterocycles. The molecule has 3 rings (SSSR count). The van der Waals surface area contributed by atoms with E-state index in [0.29, 0.717) is 5.92 Å². The maximum atomic E-state index is 5.98. The second kappa shape index (κ2) is 5.35. The van der Waals surface area contributed by atoms with Crippen LogP contribution in [0.4, 0.5) is 0 Å². The van der Waals surface area contributed by atoms with Gasteiger partial charge in [0, 0.05) is 18.5 Å². The van der Waals surface area contributed by atoms with Crippen molar-refractivity contribution in [1.29, 1.82) is 0 Å². The van der Waals surface area contributed by atoms with Crippen LogP contribution in [0.5, 0.6) is 0 Å². The zero-order valence-electron chi connectivity index (χ0n) is 11.6. The van der Waals surface area contributed by atoms with Gasteiger partial charge in [-0.25, -0.2) is 0 Å². The summed E-state index contributed by atoms with van der Waals surface area (Å²) < 4.78 is 11.4. The zero-order valence-corrected chi connectivity index (χ0v) is 11.6. The summed E-state index contributed by atoms with van der Waals surface area (Å²) in [4.78, 5) is 0. The maximum absolute atomic E-state index is 5.98. The molecule has 102 valence electrons. The first-order chi connectivity index (χ1) is 9.25. The summed E-state index contributed by atoms with van der Waals surface area (Å²) in [6.45, 7) is 7.10. The number of fused-ring (bicyclic) bond motifs is 1. The van der Waals surface area contributed by atoms with Crippen LogP contribution in [0, 0.1) is 12.8 Å².